The highest BCUT2D eigenvalue weighted by Crippen LogP contribution is 2.30. The molecule has 1 aromatic carbocycles. The molecule has 0 saturated heterocycles. The zero-order chi connectivity index (χ0) is 14.7. The number of anilines is 1. The molecule has 1 saturated carbocycles. The first-order valence-corrected chi connectivity index (χ1v) is 6.94. The lowest BCUT2D eigenvalue weighted by Crippen LogP contribution is -2.37. The summed E-state index contributed by atoms with van der Waals surface area (Å²) in [6.45, 7) is 2.19. The molecule has 0 heterocycles. The average molecular weight is 281 g/mol. The highest BCUT2D eigenvalue weighted by molar-refractivity contribution is 5.55. The Morgan fingerprint density at radius 1 is 1.45 bits per heavy atom. The Balaban J connectivity index is 2.20. The molecular weight excluding hydrogens is 261 g/mol. The van der Waals surface area contributed by atoms with Gasteiger partial charge in [-0.05, 0) is 38.3 Å². The van der Waals surface area contributed by atoms with Crippen molar-refractivity contribution in [1.29, 1.82) is 0 Å². The van der Waals surface area contributed by atoms with E-state index in [2.05, 4.69) is 5.32 Å². The highest BCUT2D eigenvalue weighted by atomic mass is 19.1. The van der Waals surface area contributed by atoms with Gasteiger partial charge in [0.25, 0.3) is 5.69 Å². The largest absolute Gasteiger partial charge is 0.380 e. The summed E-state index contributed by atoms with van der Waals surface area (Å²) in [5, 5.41) is 14.0. The molecule has 20 heavy (non-hydrogen) atoms. The molecule has 1 aromatic rings. The minimum Gasteiger partial charge on any atom is -0.380 e. The van der Waals surface area contributed by atoms with Gasteiger partial charge in [0.1, 0.15) is 0 Å². The third-order valence-electron chi connectivity index (χ3n) is 4.04. The van der Waals surface area contributed by atoms with Crippen molar-refractivity contribution in [1.82, 2.24) is 0 Å². The van der Waals surface area contributed by atoms with Crippen molar-refractivity contribution >= 4 is 11.4 Å². The van der Waals surface area contributed by atoms with Crippen LogP contribution in [0.2, 0.25) is 0 Å². The van der Waals surface area contributed by atoms with Crippen molar-refractivity contribution in [3.63, 3.8) is 0 Å². The second kappa shape index (κ2) is 6.17. The molecule has 1 aliphatic carbocycles. The summed E-state index contributed by atoms with van der Waals surface area (Å²) in [5.74, 6) is -0.248. The topological polar surface area (TPSA) is 81.2 Å². The van der Waals surface area contributed by atoms with Gasteiger partial charge in [-0.2, -0.15) is 0 Å². The van der Waals surface area contributed by atoms with Crippen LogP contribution in [0.1, 0.15) is 31.2 Å². The summed E-state index contributed by atoms with van der Waals surface area (Å²) in [7, 11) is 0. The molecule has 110 valence electrons. The maximum Gasteiger partial charge on any atom is 0.275 e. The molecule has 0 spiro atoms. The lowest BCUT2D eigenvalue weighted by molar-refractivity contribution is -0.385. The molecule has 0 aliphatic heterocycles. The van der Waals surface area contributed by atoms with Crippen LogP contribution in [0, 0.1) is 28.8 Å². The first kappa shape index (κ1) is 14.7. The second-order valence-electron chi connectivity index (χ2n) is 5.41. The zero-order valence-electron chi connectivity index (χ0n) is 11.6. The smallest absolute Gasteiger partial charge is 0.275 e. The van der Waals surface area contributed by atoms with Crippen LogP contribution in [0.5, 0.6) is 0 Å². The SMILES string of the molecule is Cc1cc(NC2CCCCC2CN)c(F)cc1[N+](=O)[O-]. The van der Waals surface area contributed by atoms with E-state index in [-0.39, 0.29) is 11.7 Å². The van der Waals surface area contributed by atoms with Crippen molar-refractivity contribution in [2.24, 2.45) is 11.7 Å². The molecule has 5 nitrogen and oxygen atoms in total. The minimum absolute atomic E-state index is 0.143. The fourth-order valence-corrected chi connectivity index (χ4v) is 2.86. The van der Waals surface area contributed by atoms with E-state index in [1.165, 1.54) is 6.07 Å². The Kier molecular flexibility index (Phi) is 4.54. The number of hydrogen-bond donors (Lipinski definition) is 2. The molecule has 6 heteroatoms. The molecule has 0 bridgehead atoms. The normalized spacial score (nSPS) is 22.6. The number of nitrogens with zero attached hydrogens (tertiary/aromatic N) is 1. The fourth-order valence-electron chi connectivity index (χ4n) is 2.86. The predicted molar refractivity (Wildman–Crippen MR) is 76.2 cm³/mol. The van der Waals surface area contributed by atoms with Crippen molar-refractivity contribution < 1.29 is 9.31 Å². The van der Waals surface area contributed by atoms with Crippen LogP contribution in [0.3, 0.4) is 0 Å². The van der Waals surface area contributed by atoms with Crippen LogP contribution in [0.15, 0.2) is 12.1 Å². The number of nitro groups is 1. The lowest BCUT2D eigenvalue weighted by Gasteiger charge is -2.32. The molecule has 1 fully saturated rings. The van der Waals surface area contributed by atoms with E-state index in [4.69, 9.17) is 5.73 Å². The molecule has 3 N–H and O–H groups in total. The number of nitrogens with one attached hydrogen (secondary N) is 1. The summed E-state index contributed by atoms with van der Waals surface area (Å²) >= 11 is 0. The first-order chi connectivity index (χ1) is 9.52. The van der Waals surface area contributed by atoms with Gasteiger partial charge in [-0.15, -0.1) is 0 Å². The zero-order valence-corrected chi connectivity index (χ0v) is 11.6. The summed E-state index contributed by atoms with van der Waals surface area (Å²) in [5.41, 5.74) is 6.36. The van der Waals surface area contributed by atoms with Gasteiger partial charge in [-0.1, -0.05) is 12.8 Å². The number of hydrogen-bond acceptors (Lipinski definition) is 4. The number of nitrogens with two attached hydrogens (primary N) is 1. The summed E-state index contributed by atoms with van der Waals surface area (Å²) in [4.78, 5) is 10.2. The van der Waals surface area contributed by atoms with E-state index in [0.29, 0.717) is 23.7 Å². The van der Waals surface area contributed by atoms with Crippen LogP contribution in [0.25, 0.3) is 0 Å². The average Bonchev–Trinajstić information content (AvgIpc) is 2.42. The van der Waals surface area contributed by atoms with Crippen LogP contribution in [0.4, 0.5) is 15.8 Å². The Bertz CT molecular complexity index is 507. The molecule has 0 radical (unpaired) electrons. The number of benzene rings is 1. The van der Waals surface area contributed by atoms with E-state index in [1.54, 1.807) is 6.92 Å². The van der Waals surface area contributed by atoms with Gasteiger partial charge in [-0.25, -0.2) is 4.39 Å². The van der Waals surface area contributed by atoms with Crippen molar-refractivity contribution in [3.8, 4) is 0 Å². The fraction of sp³-hybridized carbons (Fsp3) is 0.571. The Labute approximate surface area is 117 Å². The quantitative estimate of drug-likeness (QED) is 0.656. The molecule has 2 unspecified atom stereocenters. The summed E-state index contributed by atoms with van der Waals surface area (Å²) < 4.78 is 14.0. The van der Waals surface area contributed by atoms with Crippen LogP contribution in [-0.4, -0.2) is 17.5 Å². The molecule has 2 atom stereocenters. The molecule has 1 aliphatic rings. The number of rotatable bonds is 4. The van der Waals surface area contributed by atoms with Crippen molar-refractivity contribution in [2.45, 2.75) is 38.6 Å². The Morgan fingerprint density at radius 3 is 2.80 bits per heavy atom. The number of nitro benzene ring substituents is 1. The van der Waals surface area contributed by atoms with E-state index in [1.807, 2.05) is 0 Å². The monoisotopic (exact) mass is 281 g/mol. The van der Waals surface area contributed by atoms with Gasteiger partial charge < -0.3 is 11.1 Å². The lowest BCUT2D eigenvalue weighted by atomic mass is 9.84. The van der Waals surface area contributed by atoms with Gasteiger partial charge in [0.15, 0.2) is 5.82 Å². The van der Waals surface area contributed by atoms with Crippen LogP contribution in [-0.2, 0) is 0 Å². The highest BCUT2D eigenvalue weighted by Gasteiger charge is 2.25. The van der Waals surface area contributed by atoms with Gasteiger partial charge >= 0.3 is 0 Å². The molecule has 0 aromatic heterocycles. The standard InChI is InChI=1S/C14H20FN3O2/c1-9-6-13(11(15)7-14(9)18(19)20)17-12-5-3-2-4-10(12)8-16/h6-7,10,12,17H,2-5,8,16H2,1H3. The second-order valence-corrected chi connectivity index (χ2v) is 5.41. The summed E-state index contributed by atoms with van der Waals surface area (Å²) in [6.07, 6.45) is 4.25. The third kappa shape index (κ3) is 3.07. The van der Waals surface area contributed by atoms with E-state index in [0.717, 1.165) is 31.7 Å². The minimum atomic E-state index is -0.580. The van der Waals surface area contributed by atoms with Gasteiger partial charge in [-0.3, -0.25) is 10.1 Å². The number of aryl methyl sites for hydroxylation is 1. The Hall–Kier alpha value is -1.69. The van der Waals surface area contributed by atoms with E-state index >= 15 is 0 Å². The maximum absolute atomic E-state index is 14.0. The van der Waals surface area contributed by atoms with Gasteiger partial charge in [0, 0.05) is 11.6 Å². The van der Waals surface area contributed by atoms with E-state index in [9.17, 15) is 14.5 Å². The Morgan fingerprint density at radius 2 is 2.15 bits per heavy atom. The summed E-state index contributed by atoms with van der Waals surface area (Å²) in [6, 6.07) is 2.64. The van der Waals surface area contributed by atoms with Crippen molar-refractivity contribution in [2.75, 3.05) is 11.9 Å². The van der Waals surface area contributed by atoms with Gasteiger partial charge in [0.2, 0.25) is 0 Å². The van der Waals surface area contributed by atoms with Gasteiger partial charge in [0.05, 0.1) is 16.7 Å². The van der Waals surface area contributed by atoms with Crippen molar-refractivity contribution in [3.05, 3.63) is 33.6 Å². The first-order valence-electron chi connectivity index (χ1n) is 6.94. The maximum atomic E-state index is 14.0. The number of halogens is 1. The van der Waals surface area contributed by atoms with E-state index < -0.39 is 10.7 Å². The molecular formula is C14H20FN3O2. The molecule has 0 amide bonds. The van der Waals surface area contributed by atoms with Crippen LogP contribution < -0.4 is 11.1 Å². The predicted octanol–water partition coefficient (Wildman–Crippen LogP) is 2.97. The van der Waals surface area contributed by atoms with Crippen LogP contribution >= 0.6 is 0 Å². The third-order valence-corrected chi connectivity index (χ3v) is 4.04. The molecule has 2 rings (SSSR count).